The maximum Gasteiger partial charge on any atom is 0.147 e. The van der Waals surface area contributed by atoms with E-state index in [4.69, 9.17) is 9.47 Å². The van der Waals surface area contributed by atoms with Gasteiger partial charge in [0.2, 0.25) is 0 Å². The van der Waals surface area contributed by atoms with Crippen molar-refractivity contribution in [3.63, 3.8) is 0 Å². The molecule has 1 rings (SSSR count). The van der Waals surface area contributed by atoms with E-state index in [0.717, 1.165) is 12.2 Å². The molecule has 1 aliphatic rings. The van der Waals surface area contributed by atoms with Gasteiger partial charge in [-0.1, -0.05) is 19.8 Å². The van der Waals surface area contributed by atoms with E-state index in [2.05, 4.69) is 6.92 Å². The van der Waals surface area contributed by atoms with E-state index in [9.17, 15) is 4.21 Å². The molecule has 1 heterocycles. The van der Waals surface area contributed by atoms with E-state index in [0.29, 0.717) is 19.2 Å². The summed E-state index contributed by atoms with van der Waals surface area (Å²) in [6, 6.07) is 0. The molecule has 0 saturated carbocycles. The van der Waals surface area contributed by atoms with Crippen molar-refractivity contribution < 1.29 is 13.7 Å². The molecule has 4 heteroatoms. The van der Waals surface area contributed by atoms with Gasteiger partial charge in [0, 0.05) is 16.6 Å². The van der Waals surface area contributed by atoms with Crippen LogP contribution in [0, 0.1) is 0 Å². The van der Waals surface area contributed by atoms with Crippen molar-refractivity contribution in [1.82, 2.24) is 0 Å². The van der Waals surface area contributed by atoms with E-state index < -0.39 is 10.8 Å². The highest BCUT2D eigenvalue weighted by Gasteiger charge is 2.18. The quantitative estimate of drug-likeness (QED) is 0.614. The molecule has 0 amide bonds. The van der Waals surface area contributed by atoms with Crippen molar-refractivity contribution in [2.75, 3.05) is 24.9 Å². The van der Waals surface area contributed by atoms with E-state index >= 15 is 0 Å². The predicted octanol–water partition coefficient (Wildman–Crippen LogP) is 1.30. The third kappa shape index (κ3) is 4.74. The summed E-state index contributed by atoms with van der Waals surface area (Å²) in [6.45, 7) is 3.13. The lowest BCUT2D eigenvalue weighted by Gasteiger charge is -2.06. The van der Waals surface area contributed by atoms with Gasteiger partial charge in [0.05, 0.1) is 18.5 Å². The monoisotopic (exact) mass is 206 g/mol. The maximum atomic E-state index is 11.4. The van der Waals surface area contributed by atoms with Crippen LogP contribution in [0.2, 0.25) is 0 Å². The minimum absolute atomic E-state index is 0.0717. The Balaban J connectivity index is 2.02. The first-order valence-electron chi connectivity index (χ1n) is 4.87. The van der Waals surface area contributed by atoms with Crippen molar-refractivity contribution >= 4 is 10.8 Å². The van der Waals surface area contributed by atoms with Crippen molar-refractivity contribution in [3.8, 4) is 0 Å². The number of hydrogen-bond donors (Lipinski definition) is 0. The van der Waals surface area contributed by atoms with Gasteiger partial charge in [0.1, 0.15) is 6.79 Å². The lowest BCUT2D eigenvalue weighted by atomic mass is 10.3. The van der Waals surface area contributed by atoms with Crippen LogP contribution in [0.25, 0.3) is 0 Å². The second-order valence-electron chi connectivity index (χ2n) is 3.30. The van der Waals surface area contributed by atoms with Gasteiger partial charge in [-0.05, 0) is 6.42 Å². The Morgan fingerprint density at radius 2 is 2.31 bits per heavy atom. The van der Waals surface area contributed by atoms with Gasteiger partial charge in [-0.2, -0.15) is 0 Å². The fourth-order valence-corrected chi connectivity index (χ4v) is 2.57. The van der Waals surface area contributed by atoms with E-state index in [1.54, 1.807) is 0 Å². The zero-order chi connectivity index (χ0) is 9.52. The highest BCUT2D eigenvalue weighted by molar-refractivity contribution is 7.85. The van der Waals surface area contributed by atoms with Gasteiger partial charge in [-0.15, -0.1) is 0 Å². The molecule has 0 aliphatic carbocycles. The van der Waals surface area contributed by atoms with Crippen LogP contribution in [-0.4, -0.2) is 35.2 Å². The molecule has 2 unspecified atom stereocenters. The number of unbranched alkanes of at least 4 members (excludes halogenated alkanes) is 2. The first kappa shape index (κ1) is 11.1. The standard InChI is InChI=1S/C9H18O3S/c1-2-3-4-5-13(10)7-9-6-11-8-12-9/h9H,2-8H2,1H3. The summed E-state index contributed by atoms with van der Waals surface area (Å²) >= 11 is 0. The predicted molar refractivity (Wildman–Crippen MR) is 53.1 cm³/mol. The third-order valence-corrected chi connectivity index (χ3v) is 3.53. The molecule has 0 aromatic carbocycles. The second-order valence-corrected chi connectivity index (χ2v) is 4.92. The van der Waals surface area contributed by atoms with Crippen LogP contribution >= 0.6 is 0 Å². The van der Waals surface area contributed by atoms with Gasteiger partial charge in [0.25, 0.3) is 0 Å². The lowest BCUT2D eigenvalue weighted by Crippen LogP contribution is -2.20. The van der Waals surface area contributed by atoms with Gasteiger partial charge in [0.15, 0.2) is 0 Å². The Morgan fingerprint density at radius 1 is 1.46 bits per heavy atom. The zero-order valence-corrected chi connectivity index (χ0v) is 8.98. The Morgan fingerprint density at radius 3 is 2.92 bits per heavy atom. The third-order valence-electron chi connectivity index (χ3n) is 2.04. The summed E-state index contributed by atoms with van der Waals surface area (Å²) in [6.07, 6.45) is 3.49. The molecule has 0 N–H and O–H groups in total. The van der Waals surface area contributed by atoms with Gasteiger partial charge >= 0.3 is 0 Å². The summed E-state index contributed by atoms with van der Waals surface area (Å²) in [5, 5.41) is 0. The summed E-state index contributed by atoms with van der Waals surface area (Å²) < 4.78 is 21.7. The molecule has 0 aromatic heterocycles. The van der Waals surface area contributed by atoms with Gasteiger partial charge in [-0.3, -0.25) is 4.21 Å². The molecule has 1 saturated heterocycles. The minimum atomic E-state index is -0.716. The van der Waals surface area contributed by atoms with Crippen LogP contribution in [-0.2, 0) is 20.3 Å². The number of rotatable bonds is 6. The van der Waals surface area contributed by atoms with Crippen molar-refractivity contribution in [3.05, 3.63) is 0 Å². The van der Waals surface area contributed by atoms with Crippen molar-refractivity contribution in [1.29, 1.82) is 0 Å². The molecule has 3 nitrogen and oxygen atoms in total. The van der Waals surface area contributed by atoms with Crippen molar-refractivity contribution in [2.24, 2.45) is 0 Å². The second kappa shape index (κ2) is 6.51. The molecule has 1 fully saturated rings. The SMILES string of the molecule is CCCCCS(=O)CC1COCO1. The molecule has 0 bridgehead atoms. The molecule has 0 radical (unpaired) electrons. The molecule has 0 aromatic rings. The Hall–Kier alpha value is 0.0700. The summed E-state index contributed by atoms with van der Waals surface area (Å²) in [4.78, 5) is 0. The van der Waals surface area contributed by atoms with Crippen LogP contribution in [0.3, 0.4) is 0 Å². The van der Waals surface area contributed by atoms with E-state index in [1.165, 1.54) is 12.8 Å². The normalized spacial score (nSPS) is 24.8. The smallest absolute Gasteiger partial charge is 0.147 e. The van der Waals surface area contributed by atoms with Gasteiger partial charge < -0.3 is 9.47 Å². The number of ether oxygens (including phenoxy) is 2. The molecule has 1 aliphatic heterocycles. The fraction of sp³-hybridized carbons (Fsp3) is 1.00. The molecule has 2 atom stereocenters. The summed E-state index contributed by atoms with van der Waals surface area (Å²) in [5.41, 5.74) is 0. The van der Waals surface area contributed by atoms with Crippen LogP contribution in [0.4, 0.5) is 0 Å². The largest absolute Gasteiger partial charge is 0.353 e. The highest BCUT2D eigenvalue weighted by atomic mass is 32.2. The Kier molecular flexibility index (Phi) is 5.58. The minimum Gasteiger partial charge on any atom is -0.353 e. The van der Waals surface area contributed by atoms with Crippen LogP contribution in [0.5, 0.6) is 0 Å². The van der Waals surface area contributed by atoms with Gasteiger partial charge in [-0.25, -0.2) is 0 Å². The lowest BCUT2D eigenvalue weighted by molar-refractivity contribution is 0.0523. The zero-order valence-electron chi connectivity index (χ0n) is 8.16. The van der Waals surface area contributed by atoms with Crippen molar-refractivity contribution in [2.45, 2.75) is 32.3 Å². The average molecular weight is 206 g/mol. The van der Waals surface area contributed by atoms with Crippen LogP contribution < -0.4 is 0 Å². The maximum absolute atomic E-state index is 11.4. The Labute approximate surface area is 82.3 Å². The Bertz CT molecular complexity index is 155. The van der Waals surface area contributed by atoms with E-state index in [-0.39, 0.29) is 6.10 Å². The number of hydrogen-bond acceptors (Lipinski definition) is 3. The summed E-state index contributed by atoms with van der Waals surface area (Å²) in [5.74, 6) is 1.46. The first-order chi connectivity index (χ1) is 6.33. The van der Waals surface area contributed by atoms with Crippen LogP contribution in [0.1, 0.15) is 26.2 Å². The first-order valence-corrected chi connectivity index (χ1v) is 6.36. The average Bonchev–Trinajstić information content (AvgIpc) is 2.57. The molecule has 78 valence electrons. The fourth-order valence-electron chi connectivity index (χ4n) is 1.27. The molecular formula is C9H18O3S. The molecule has 13 heavy (non-hydrogen) atoms. The molecule has 0 spiro atoms. The molecular weight excluding hydrogens is 188 g/mol. The highest BCUT2D eigenvalue weighted by Crippen LogP contribution is 2.06. The van der Waals surface area contributed by atoms with E-state index in [1.807, 2.05) is 0 Å². The van der Waals surface area contributed by atoms with Crippen LogP contribution in [0.15, 0.2) is 0 Å². The summed E-state index contributed by atoms with van der Waals surface area (Å²) in [7, 11) is -0.716. The topological polar surface area (TPSA) is 35.5 Å².